The van der Waals surface area contributed by atoms with Crippen molar-refractivity contribution in [2.45, 2.75) is 25.2 Å². The number of rotatable bonds is 4. The van der Waals surface area contributed by atoms with Crippen LogP contribution in [-0.2, 0) is 11.3 Å². The number of aliphatic hydroxyl groups excluding tert-OH is 1. The summed E-state index contributed by atoms with van der Waals surface area (Å²) in [5.74, 6) is -1.50. The fourth-order valence-electron chi connectivity index (χ4n) is 3.23. The van der Waals surface area contributed by atoms with Gasteiger partial charge in [-0.15, -0.1) is 0 Å². The fourth-order valence-corrected chi connectivity index (χ4v) is 3.23. The van der Waals surface area contributed by atoms with E-state index in [1.165, 1.54) is 4.90 Å². The highest BCUT2D eigenvalue weighted by molar-refractivity contribution is 5.95. The second-order valence-corrected chi connectivity index (χ2v) is 6.16. The molecule has 0 aliphatic carbocycles. The van der Waals surface area contributed by atoms with Gasteiger partial charge in [-0.2, -0.15) is 0 Å². The Hall–Kier alpha value is -2.31. The maximum atomic E-state index is 14.1. The summed E-state index contributed by atoms with van der Waals surface area (Å²) in [6.07, 6.45) is -0.608. The van der Waals surface area contributed by atoms with Gasteiger partial charge < -0.3 is 14.7 Å². The summed E-state index contributed by atoms with van der Waals surface area (Å²) in [5, 5.41) is 10.00. The normalized spacial score (nSPS) is 20.1. The Balaban J connectivity index is 1.92. The summed E-state index contributed by atoms with van der Waals surface area (Å²) in [5.41, 5.74) is 1.34. The zero-order chi connectivity index (χ0) is 18.0. The quantitative estimate of drug-likeness (QED) is 0.925. The number of nitrogens with zero attached hydrogens (tertiary/aromatic N) is 1. The molecule has 1 aliphatic rings. The fraction of sp³-hybridized carbons (Fsp3) is 0.316. The number of β-amino-alcohol motifs (C(OH)–C–C–N with tert-alkyl or cyclic N) is 1. The Bertz CT molecular complexity index is 781. The Labute approximate surface area is 144 Å². The molecule has 1 fully saturated rings. The van der Waals surface area contributed by atoms with Gasteiger partial charge in [0.15, 0.2) is 0 Å². The average Bonchev–Trinajstić information content (AvgIpc) is 2.98. The maximum absolute atomic E-state index is 14.1. The molecule has 0 bridgehead atoms. The second-order valence-electron chi connectivity index (χ2n) is 6.16. The number of halogens is 2. The van der Waals surface area contributed by atoms with Crippen molar-refractivity contribution in [1.82, 2.24) is 4.90 Å². The van der Waals surface area contributed by atoms with Crippen LogP contribution in [0.3, 0.4) is 0 Å². The Morgan fingerprint density at radius 3 is 2.84 bits per heavy atom. The first-order valence-electron chi connectivity index (χ1n) is 8.01. The minimum atomic E-state index is -0.779. The molecule has 0 unspecified atom stereocenters. The van der Waals surface area contributed by atoms with Crippen LogP contribution in [-0.4, -0.2) is 35.7 Å². The first-order valence-corrected chi connectivity index (χ1v) is 8.01. The summed E-state index contributed by atoms with van der Waals surface area (Å²) in [6, 6.07) is 9.39. The number of aliphatic hydroxyl groups is 1. The molecule has 0 radical (unpaired) electrons. The Morgan fingerprint density at radius 1 is 1.28 bits per heavy atom. The highest BCUT2D eigenvalue weighted by Gasteiger charge is 2.37. The molecule has 0 saturated carbocycles. The lowest BCUT2D eigenvalue weighted by atomic mass is 10.0. The third-order valence-electron chi connectivity index (χ3n) is 4.34. The van der Waals surface area contributed by atoms with Crippen molar-refractivity contribution in [1.29, 1.82) is 0 Å². The average molecular weight is 347 g/mol. The minimum Gasteiger partial charge on any atom is -0.391 e. The molecule has 2 aromatic rings. The lowest BCUT2D eigenvalue weighted by molar-refractivity contribution is 0.0713. The molecule has 4 nitrogen and oxygen atoms in total. The molecule has 2 aromatic carbocycles. The lowest BCUT2D eigenvalue weighted by Crippen LogP contribution is -2.32. The van der Waals surface area contributed by atoms with Crippen molar-refractivity contribution in [3.63, 3.8) is 0 Å². The van der Waals surface area contributed by atoms with E-state index in [4.69, 9.17) is 4.74 Å². The number of methoxy groups -OCH3 is 1. The molecule has 2 atom stereocenters. The predicted octanol–water partition coefficient (Wildman–Crippen LogP) is 3.06. The van der Waals surface area contributed by atoms with E-state index in [0.717, 1.165) is 23.8 Å². The zero-order valence-electron chi connectivity index (χ0n) is 13.8. The minimum absolute atomic E-state index is 0.0773. The van der Waals surface area contributed by atoms with Crippen LogP contribution < -0.4 is 0 Å². The van der Waals surface area contributed by atoms with Crippen molar-refractivity contribution in [3.05, 3.63) is 70.8 Å². The zero-order valence-corrected chi connectivity index (χ0v) is 13.8. The topological polar surface area (TPSA) is 49.8 Å². The molecule has 3 rings (SSSR count). The first kappa shape index (κ1) is 17.5. The van der Waals surface area contributed by atoms with Gasteiger partial charge in [0.2, 0.25) is 0 Å². The summed E-state index contributed by atoms with van der Waals surface area (Å²) in [4.78, 5) is 14.3. The molecular weight excluding hydrogens is 328 g/mol. The SMILES string of the molecule is COCc1cccc(C(=O)N2C[C@@H](O)C[C@@H]2c2cc(F)ccc2F)c1. The van der Waals surface area contributed by atoms with Crippen molar-refractivity contribution in [2.24, 2.45) is 0 Å². The molecule has 6 heteroatoms. The monoisotopic (exact) mass is 347 g/mol. The third-order valence-corrected chi connectivity index (χ3v) is 4.34. The number of ether oxygens (including phenoxy) is 1. The second kappa shape index (κ2) is 7.29. The molecular formula is C19H19F2NO3. The predicted molar refractivity (Wildman–Crippen MR) is 87.9 cm³/mol. The molecule has 1 saturated heterocycles. The number of benzene rings is 2. The molecule has 25 heavy (non-hydrogen) atoms. The van der Waals surface area contributed by atoms with Crippen LogP contribution in [0.1, 0.15) is 33.9 Å². The van der Waals surface area contributed by atoms with Gasteiger partial charge in [-0.25, -0.2) is 8.78 Å². The van der Waals surface area contributed by atoms with Gasteiger partial charge in [0.25, 0.3) is 5.91 Å². The van der Waals surface area contributed by atoms with Crippen molar-refractivity contribution >= 4 is 5.91 Å². The largest absolute Gasteiger partial charge is 0.391 e. The van der Waals surface area contributed by atoms with E-state index in [0.29, 0.717) is 12.2 Å². The summed E-state index contributed by atoms with van der Waals surface area (Å²) in [6.45, 7) is 0.444. The van der Waals surface area contributed by atoms with E-state index in [2.05, 4.69) is 0 Å². The molecule has 0 aromatic heterocycles. The van der Waals surface area contributed by atoms with Crippen molar-refractivity contribution in [3.8, 4) is 0 Å². The van der Waals surface area contributed by atoms with Gasteiger partial charge in [-0.3, -0.25) is 4.79 Å². The van der Waals surface area contributed by atoms with Crippen LogP contribution in [0.4, 0.5) is 8.78 Å². The van der Waals surface area contributed by atoms with Crippen LogP contribution in [0.2, 0.25) is 0 Å². The van der Waals surface area contributed by atoms with Crippen LogP contribution in [0, 0.1) is 11.6 Å². The van der Waals surface area contributed by atoms with Gasteiger partial charge in [-0.05, 0) is 42.3 Å². The number of hydrogen-bond acceptors (Lipinski definition) is 3. The summed E-state index contributed by atoms with van der Waals surface area (Å²) < 4.78 is 32.8. The van der Waals surface area contributed by atoms with Crippen molar-refractivity contribution < 1.29 is 23.4 Å². The molecule has 1 aliphatic heterocycles. The van der Waals surface area contributed by atoms with Crippen LogP contribution in [0.15, 0.2) is 42.5 Å². The van der Waals surface area contributed by atoms with Crippen molar-refractivity contribution in [2.75, 3.05) is 13.7 Å². The maximum Gasteiger partial charge on any atom is 0.254 e. The molecule has 132 valence electrons. The first-order chi connectivity index (χ1) is 12.0. The van der Waals surface area contributed by atoms with E-state index < -0.39 is 23.8 Å². The number of carbonyl (C=O) groups excluding carboxylic acids is 1. The van der Waals surface area contributed by atoms with Gasteiger partial charge in [0.1, 0.15) is 11.6 Å². The van der Waals surface area contributed by atoms with Crippen LogP contribution in [0.5, 0.6) is 0 Å². The van der Waals surface area contributed by atoms with Gasteiger partial charge >= 0.3 is 0 Å². The highest BCUT2D eigenvalue weighted by atomic mass is 19.1. The smallest absolute Gasteiger partial charge is 0.254 e. The van der Waals surface area contributed by atoms with Gasteiger partial charge in [0, 0.05) is 24.8 Å². The number of carbonyl (C=O) groups is 1. The van der Waals surface area contributed by atoms with E-state index in [9.17, 15) is 18.7 Å². The molecule has 0 spiro atoms. The van der Waals surface area contributed by atoms with E-state index in [1.54, 1.807) is 25.3 Å². The Kier molecular flexibility index (Phi) is 5.11. The standard InChI is InChI=1S/C19H19F2NO3/c1-25-11-12-3-2-4-13(7-12)19(24)22-10-15(23)9-18(22)16-8-14(20)5-6-17(16)21/h2-8,15,18,23H,9-11H2,1H3/t15-,18+/m0/s1. The van der Waals surface area contributed by atoms with E-state index in [1.807, 2.05) is 6.07 Å². The van der Waals surface area contributed by atoms with E-state index >= 15 is 0 Å². The van der Waals surface area contributed by atoms with Crippen LogP contribution in [0.25, 0.3) is 0 Å². The highest BCUT2D eigenvalue weighted by Crippen LogP contribution is 2.35. The third kappa shape index (κ3) is 3.70. The molecule has 1 amide bonds. The van der Waals surface area contributed by atoms with Gasteiger partial charge in [0.05, 0.1) is 18.8 Å². The number of hydrogen-bond donors (Lipinski definition) is 1. The Morgan fingerprint density at radius 2 is 2.08 bits per heavy atom. The summed E-state index contributed by atoms with van der Waals surface area (Å²) in [7, 11) is 1.56. The van der Waals surface area contributed by atoms with Crippen LogP contribution >= 0.6 is 0 Å². The number of amides is 1. The molecule has 1 N–H and O–H groups in total. The van der Waals surface area contributed by atoms with Gasteiger partial charge in [-0.1, -0.05) is 12.1 Å². The number of likely N-dealkylation sites (tertiary alicyclic amines) is 1. The van der Waals surface area contributed by atoms with E-state index in [-0.39, 0.29) is 24.4 Å². The lowest BCUT2D eigenvalue weighted by Gasteiger charge is -2.25. The molecule has 1 heterocycles. The summed E-state index contributed by atoms with van der Waals surface area (Å²) >= 11 is 0.